The smallest absolute Gasteiger partial charge is 0.261 e. The molecule has 0 unspecified atom stereocenters. The summed E-state index contributed by atoms with van der Waals surface area (Å²) in [5, 5.41) is 5.89. The van der Waals surface area contributed by atoms with Crippen LogP contribution in [0.1, 0.15) is 28.4 Å². The van der Waals surface area contributed by atoms with Crippen molar-refractivity contribution in [1.82, 2.24) is 10.6 Å². The number of likely N-dealkylation sites (N-methyl/N-ethyl adjacent to an activating group) is 1. The monoisotopic (exact) mass is 411 g/mol. The molecule has 0 fully saturated rings. The molecule has 0 aliphatic carbocycles. The average Bonchev–Trinajstić information content (AvgIpc) is 2.62. The Morgan fingerprint density at radius 1 is 1.00 bits per heavy atom. The van der Waals surface area contributed by atoms with Gasteiger partial charge in [0, 0.05) is 18.7 Å². The van der Waals surface area contributed by atoms with Crippen LogP contribution in [0.3, 0.4) is 0 Å². The molecule has 0 aliphatic rings. The van der Waals surface area contributed by atoms with Crippen LogP contribution in [0.5, 0.6) is 0 Å². The molecule has 6 nitrogen and oxygen atoms in total. The maximum Gasteiger partial charge on any atom is 0.261 e. The SMILES string of the molecule is CCNCCNC(=O)c1ccc(S(=O)(=O)Nc2cccc(C)c2C)cc1.Cl. The Balaban J connectivity index is 0.00000364. The van der Waals surface area contributed by atoms with Crippen LogP contribution in [-0.2, 0) is 10.0 Å². The Bertz CT molecular complexity index is 868. The number of anilines is 1. The zero-order valence-corrected chi connectivity index (χ0v) is 17.3. The summed E-state index contributed by atoms with van der Waals surface area (Å²) < 4.78 is 27.7. The van der Waals surface area contributed by atoms with E-state index in [1.807, 2.05) is 26.8 Å². The molecular formula is C19H26ClN3O3S. The van der Waals surface area contributed by atoms with Gasteiger partial charge >= 0.3 is 0 Å². The fraction of sp³-hybridized carbons (Fsp3) is 0.316. The van der Waals surface area contributed by atoms with E-state index in [1.54, 1.807) is 12.1 Å². The van der Waals surface area contributed by atoms with Gasteiger partial charge in [-0.2, -0.15) is 0 Å². The van der Waals surface area contributed by atoms with Crippen molar-refractivity contribution in [3.05, 3.63) is 59.2 Å². The first-order valence-electron chi connectivity index (χ1n) is 8.53. The van der Waals surface area contributed by atoms with Crippen molar-refractivity contribution in [2.24, 2.45) is 0 Å². The Labute approximate surface area is 167 Å². The second-order valence-electron chi connectivity index (χ2n) is 5.99. The quantitative estimate of drug-likeness (QED) is 0.583. The van der Waals surface area contributed by atoms with Gasteiger partial charge in [-0.15, -0.1) is 12.4 Å². The van der Waals surface area contributed by atoms with Crippen molar-refractivity contribution in [3.63, 3.8) is 0 Å². The number of carbonyl (C=O) groups excluding carboxylic acids is 1. The van der Waals surface area contributed by atoms with Gasteiger partial charge in [0.1, 0.15) is 0 Å². The Morgan fingerprint density at radius 2 is 1.67 bits per heavy atom. The van der Waals surface area contributed by atoms with Crippen LogP contribution in [0, 0.1) is 13.8 Å². The third-order valence-corrected chi connectivity index (χ3v) is 5.49. The van der Waals surface area contributed by atoms with E-state index < -0.39 is 10.0 Å². The van der Waals surface area contributed by atoms with Crippen molar-refractivity contribution in [2.75, 3.05) is 24.4 Å². The second kappa shape index (κ2) is 10.3. The van der Waals surface area contributed by atoms with E-state index in [0.717, 1.165) is 17.7 Å². The third kappa shape index (κ3) is 6.23. The van der Waals surface area contributed by atoms with Gasteiger partial charge in [-0.3, -0.25) is 9.52 Å². The number of carbonyl (C=O) groups is 1. The number of rotatable bonds is 8. The van der Waals surface area contributed by atoms with Crippen LogP contribution in [0.2, 0.25) is 0 Å². The van der Waals surface area contributed by atoms with E-state index in [0.29, 0.717) is 24.3 Å². The summed E-state index contributed by atoms with van der Waals surface area (Å²) in [5.74, 6) is -0.227. The number of aryl methyl sites for hydroxylation is 1. The number of amides is 1. The second-order valence-corrected chi connectivity index (χ2v) is 7.67. The molecule has 0 atom stereocenters. The summed E-state index contributed by atoms with van der Waals surface area (Å²) in [4.78, 5) is 12.2. The highest BCUT2D eigenvalue weighted by molar-refractivity contribution is 7.92. The van der Waals surface area contributed by atoms with Crippen LogP contribution < -0.4 is 15.4 Å². The molecule has 0 aromatic heterocycles. The first-order chi connectivity index (χ1) is 12.3. The number of benzene rings is 2. The molecule has 0 radical (unpaired) electrons. The maximum atomic E-state index is 12.6. The van der Waals surface area contributed by atoms with Crippen molar-refractivity contribution in [1.29, 1.82) is 0 Å². The van der Waals surface area contributed by atoms with E-state index in [9.17, 15) is 13.2 Å². The Kier molecular flexibility index (Phi) is 8.75. The minimum Gasteiger partial charge on any atom is -0.351 e. The van der Waals surface area contributed by atoms with Crippen molar-refractivity contribution in [3.8, 4) is 0 Å². The predicted molar refractivity (Wildman–Crippen MR) is 111 cm³/mol. The molecule has 1 amide bonds. The molecule has 27 heavy (non-hydrogen) atoms. The van der Waals surface area contributed by atoms with Crippen LogP contribution in [0.25, 0.3) is 0 Å². The van der Waals surface area contributed by atoms with Crippen molar-refractivity contribution >= 4 is 34.0 Å². The Hall–Kier alpha value is -2.09. The number of halogens is 1. The van der Waals surface area contributed by atoms with Crippen LogP contribution in [-0.4, -0.2) is 34.0 Å². The highest BCUT2D eigenvalue weighted by Crippen LogP contribution is 2.22. The largest absolute Gasteiger partial charge is 0.351 e. The third-order valence-electron chi connectivity index (χ3n) is 4.11. The van der Waals surface area contributed by atoms with Gasteiger partial charge in [0.25, 0.3) is 15.9 Å². The average molecular weight is 412 g/mol. The minimum absolute atomic E-state index is 0. The summed E-state index contributed by atoms with van der Waals surface area (Å²) in [6.07, 6.45) is 0. The Morgan fingerprint density at radius 3 is 2.30 bits per heavy atom. The van der Waals surface area contributed by atoms with Gasteiger partial charge in [0.15, 0.2) is 0 Å². The van der Waals surface area contributed by atoms with Gasteiger partial charge in [0.2, 0.25) is 0 Å². The van der Waals surface area contributed by atoms with Gasteiger partial charge in [0.05, 0.1) is 10.6 Å². The molecule has 2 aromatic carbocycles. The van der Waals surface area contributed by atoms with E-state index in [4.69, 9.17) is 0 Å². The summed E-state index contributed by atoms with van der Waals surface area (Å²) in [6.45, 7) is 7.84. The summed E-state index contributed by atoms with van der Waals surface area (Å²) in [5.41, 5.74) is 2.87. The zero-order valence-electron chi connectivity index (χ0n) is 15.7. The molecule has 2 aromatic rings. The first kappa shape index (κ1) is 23.0. The molecule has 148 valence electrons. The van der Waals surface area contributed by atoms with Crippen LogP contribution in [0.4, 0.5) is 5.69 Å². The lowest BCUT2D eigenvalue weighted by molar-refractivity contribution is 0.0954. The fourth-order valence-corrected chi connectivity index (χ4v) is 3.52. The number of hydrogen-bond donors (Lipinski definition) is 3. The first-order valence-corrected chi connectivity index (χ1v) is 10.0. The van der Waals surface area contributed by atoms with Crippen molar-refractivity contribution < 1.29 is 13.2 Å². The number of sulfonamides is 1. The molecule has 0 saturated carbocycles. The summed E-state index contributed by atoms with van der Waals surface area (Å²) >= 11 is 0. The van der Waals surface area contributed by atoms with Crippen LogP contribution in [0.15, 0.2) is 47.4 Å². The molecule has 3 N–H and O–H groups in total. The highest BCUT2D eigenvalue weighted by Gasteiger charge is 2.16. The van der Waals surface area contributed by atoms with Gasteiger partial charge in [-0.05, 0) is 61.9 Å². The molecule has 8 heteroatoms. The molecule has 0 spiro atoms. The lowest BCUT2D eigenvalue weighted by Gasteiger charge is -2.12. The normalized spacial score (nSPS) is 10.8. The molecule has 2 rings (SSSR count). The van der Waals surface area contributed by atoms with Gasteiger partial charge in [-0.25, -0.2) is 8.42 Å². The molecular weight excluding hydrogens is 386 g/mol. The predicted octanol–water partition coefficient (Wildman–Crippen LogP) is 2.87. The lowest BCUT2D eigenvalue weighted by Crippen LogP contribution is -2.31. The van der Waals surface area contributed by atoms with E-state index >= 15 is 0 Å². The van der Waals surface area contributed by atoms with E-state index in [-0.39, 0.29) is 23.2 Å². The number of hydrogen-bond acceptors (Lipinski definition) is 4. The lowest BCUT2D eigenvalue weighted by atomic mass is 10.1. The molecule has 0 heterocycles. The summed E-state index contributed by atoms with van der Waals surface area (Å²) in [7, 11) is -3.71. The topological polar surface area (TPSA) is 87.3 Å². The summed E-state index contributed by atoms with van der Waals surface area (Å²) in [6, 6.07) is 11.4. The van der Waals surface area contributed by atoms with Crippen molar-refractivity contribution in [2.45, 2.75) is 25.7 Å². The molecule has 0 bridgehead atoms. The van der Waals surface area contributed by atoms with Gasteiger partial charge < -0.3 is 10.6 Å². The maximum absolute atomic E-state index is 12.6. The number of nitrogens with one attached hydrogen (secondary N) is 3. The van der Waals surface area contributed by atoms with E-state index in [1.165, 1.54) is 24.3 Å². The van der Waals surface area contributed by atoms with Crippen LogP contribution >= 0.6 is 12.4 Å². The molecule has 0 aliphatic heterocycles. The fourth-order valence-electron chi connectivity index (χ4n) is 2.39. The van der Waals surface area contributed by atoms with E-state index in [2.05, 4.69) is 15.4 Å². The highest BCUT2D eigenvalue weighted by atomic mass is 35.5. The standard InChI is InChI=1S/C19H25N3O3S.ClH/c1-4-20-12-13-21-19(23)16-8-10-17(11-9-16)26(24,25)22-18-7-5-6-14(2)15(18)3;/h5-11,20,22H,4,12-13H2,1-3H3,(H,21,23);1H. The van der Waals surface area contributed by atoms with Gasteiger partial charge in [-0.1, -0.05) is 19.1 Å². The zero-order chi connectivity index (χ0) is 19.2. The molecule has 0 saturated heterocycles. The minimum atomic E-state index is -3.71.